The van der Waals surface area contributed by atoms with Crippen molar-refractivity contribution in [3.8, 4) is 0 Å². The third kappa shape index (κ3) is 8.98. The van der Waals surface area contributed by atoms with Crippen molar-refractivity contribution in [2.24, 2.45) is 0 Å². The molecule has 0 unspecified atom stereocenters. The van der Waals surface area contributed by atoms with Crippen molar-refractivity contribution in [1.82, 2.24) is 16.0 Å². The fraction of sp³-hybridized carbons (Fsp3) is 0.476. The summed E-state index contributed by atoms with van der Waals surface area (Å²) in [6.45, 7) is 5.18. The van der Waals surface area contributed by atoms with Crippen LogP contribution in [0.25, 0.3) is 0 Å². The van der Waals surface area contributed by atoms with Gasteiger partial charge in [-0.05, 0) is 26.0 Å². The van der Waals surface area contributed by atoms with Crippen molar-refractivity contribution in [3.05, 3.63) is 48.6 Å². The molecule has 1 aromatic carbocycles. The van der Waals surface area contributed by atoms with Crippen LogP contribution in [0, 0.1) is 0 Å². The van der Waals surface area contributed by atoms with Gasteiger partial charge in [0.05, 0.1) is 24.6 Å². The van der Waals surface area contributed by atoms with Crippen LogP contribution in [0.4, 0.5) is 0 Å². The first kappa shape index (κ1) is 25.7. The van der Waals surface area contributed by atoms with Crippen LogP contribution in [-0.2, 0) is 25.5 Å². The van der Waals surface area contributed by atoms with Gasteiger partial charge in [0.15, 0.2) is 0 Å². The number of benzene rings is 1. The first-order chi connectivity index (χ1) is 14.3. The van der Waals surface area contributed by atoms with Gasteiger partial charge in [0, 0.05) is 5.75 Å². The molecule has 0 spiro atoms. The molecule has 8 nitrogen and oxygen atoms in total. The molecular weight excluding hydrogens is 406 g/mol. The van der Waals surface area contributed by atoms with Gasteiger partial charge in [-0.25, -0.2) is 0 Å². The van der Waals surface area contributed by atoms with Crippen LogP contribution >= 0.6 is 12.6 Å². The molecule has 9 heteroatoms. The van der Waals surface area contributed by atoms with Crippen LogP contribution in [0.1, 0.15) is 18.9 Å². The van der Waals surface area contributed by atoms with E-state index in [1.807, 2.05) is 30.3 Å². The SMILES string of the molecule is C=CCOC(=O)C[C@H](O)[C@@H](Cc1ccccc1)NC(=O)[C@@H](CS)NC(=O)[C@@H](C)NC. The molecule has 0 heterocycles. The highest BCUT2D eigenvalue weighted by molar-refractivity contribution is 7.80. The van der Waals surface area contributed by atoms with E-state index < -0.39 is 36.1 Å². The molecule has 0 aliphatic rings. The minimum absolute atomic E-state index is 0.0403. The van der Waals surface area contributed by atoms with E-state index in [2.05, 4.69) is 35.2 Å². The number of carbonyl (C=O) groups excluding carboxylic acids is 3. The lowest BCUT2D eigenvalue weighted by Gasteiger charge is -2.27. The number of ether oxygens (including phenoxy) is 1. The number of rotatable bonds is 13. The summed E-state index contributed by atoms with van der Waals surface area (Å²) < 4.78 is 4.92. The Morgan fingerprint density at radius 3 is 2.43 bits per heavy atom. The van der Waals surface area contributed by atoms with Crippen LogP contribution < -0.4 is 16.0 Å². The number of hydrogen-bond donors (Lipinski definition) is 5. The van der Waals surface area contributed by atoms with E-state index in [0.717, 1.165) is 5.56 Å². The standard InChI is InChI=1S/C21H31N3O5S/c1-4-10-29-19(26)12-18(25)16(11-15-8-6-5-7-9-15)23-21(28)17(13-30)24-20(27)14(2)22-3/h4-9,14,16-18,22,25,30H,1,10-13H2,2-3H3,(H,23,28)(H,24,27)/t14-,16-,17-,18+/m1/s1. The monoisotopic (exact) mass is 437 g/mol. The number of thiol groups is 1. The van der Waals surface area contributed by atoms with E-state index in [9.17, 15) is 19.5 Å². The molecule has 0 saturated heterocycles. The Morgan fingerprint density at radius 1 is 1.20 bits per heavy atom. The average Bonchev–Trinajstić information content (AvgIpc) is 2.75. The van der Waals surface area contributed by atoms with Gasteiger partial charge in [-0.1, -0.05) is 43.0 Å². The first-order valence-corrected chi connectivity index (χ1v) is 10.3. The minimum atomic E-state index is -1.18. The number of carbonyl (C=O) groups is 3. The zero-order chi connectivity index (χ0) is 22.5. The quantitative estimate of drug-likeness (QED) is 0.171. The second-order valence-corrected chi connectivity index (χ2v) is 7.17. The summed E-state index contributed by atoms with van der Waals surface area (Å²) in [5.41, 5.74) is 0.872. The number of aliphatic hydroxyl groups excluding tert-OH is 1. The van der Waals surface area contributed by atoms with Gasteiger partial charge in [-0.3, -0.25) is 14.4 Å². The Kier molecular flexibility index (Phi) is 11.8. The Morgan fingerprint density at radius 2 is 1.87 bits per heavy atom. The fourth-order valence-corrected chi connectivity index (χ4v) is 2.84. The van der Waals surface area contributed by atoms with Crippen molar-refractivity contribution in [2.45, 2.75) is 44.0 Å². The van der Waals surface area contributed by atoms with Crippen LogP contribution in [0.2, 0.25) is 0 Å². The predicted octanol–water partition coefficient (Wildman–Crippen LogP) is 0.217. The molecule has 0 aromatic heterocycles. The van der Waals surface area contributed by atoms with E-state index in [-0.39, 0.29) is 24.7 Å². The zero-order valence-corrected chi connectivity index (χ0v) is 18.2. The fourth-order valence-electron chi connectivity index (χ4n) is 2.58. The van der Waals surface area contributed by atoms with E-state index in [1.54, 1.807) is 14.0 Å². The van der Waals surface area contributed by atoms with Gasteiger partial charge in [0.1, 0.15) is 12.6 Å². The summed E-state index contributed by atoms with van der Waals surface area (Å²) in [6.07, 6.45) is 0.252. The second kappa shape index (κ2) is 13.8. The third-order valence-corrected chi connectivity index (χ3v) is 4.84. The van der Waals surface area contributed by atoms with Gasteiger partial charge in [0.25, 0.3) is 0 Å². The van der Waals surface area contributed by atoms with Crippen molar-refractivity contribution < 1.29 is 24.2 Å². The maximum absolute atomic E-state index is 12.7. The molecule has 30 heavy (non-hydrogen) atoms. The molecule has 0 bridgehead atoms. The van der Waals surface area contributed by atoms with E-state index in [1.165, 1.54) is 6.08 Å². The summed E-state index contributed by atoms with van der Waals surface area (Å²) in [5, 5.41) is 18.7. The molecule has 1 aromatic rings. The van der Waals surface area contributed by atoms with Crippen LogP contribution in [0.5, 0.6) is 0 Å². The topological polar surface area (TPSA) is 117 Å². The Bertz CT molecular complexity index is 701. The van der Waals surface area contributed by atoms with Gasteiger partial charge in [0.2, 0.25) is 11.8 Å². The van der Waals surface area contributed by atoms with Crippen molar-refractivity contribution >= 4 is 30.4 Å². The number of nitrogens with one attached hydrogen (secondary N) is 3. The number of likely N-dealkylation sites (N-methyl/N-ethyl adjacent to an activating group) is 1. The number of aliphatic hydroxyl groups is 1. The summed E-state index contributed by atoms with van der Waals surface area (Å²) in [4.78, 5) is 36.7. The minimum Gasteiger partial charge on any atom is -0.461 e. The highest BCUT2D eigenvalue weighted by Crippen LogP contribution is 2.10. The smallest absolute Gasteiger partial charge is 0.308 e. The highest BCUT2D eigenvalue weighted by atomic mass is 32.1. The van der Waals surface area contributed by atoms with Gasteiger partial charge >= 0.3 is 5.97 Å². The Labute approximate surface area is 182 Å². The lowest BCUT2D eigenvalue weighted by atomic mass is 9.98. The Balaban J connectivity index is 2.88. The molecule has 0 radical (unpaired) electrons. The van der Waals surface area contributed by atoms with E-state index in [0.29, 0.717) is 6.42 Å². The van der Waals surface area contributed by atoms with Gasteiger partial charge in [-0.15, -0.1) is 0 Å². The second-order valence-electron chi connectivity index (χ2n) is 6.80. The molecule has 0 saturated carbocycles. The largest absolute Gasteiger partial charge is 0.461 e. The molecule has 0 aliphatic carbocycles. The number of amides is 2. The summed E-state index contributed by atoms with van der Waals surface area (Å²) >= 11 is 4.15. The highest BCUT2D eigenvalue weighted by Gasteiger charge is 2.28. The summed E-state index contributed by atoms with van der Waals surface area (Å²) in [7, 11) is 1.64. The lowest BCUT2D eigenvalue weighted by Crippen LogP contribution is -2.56. The third-order valence-electron chi connectivity index (χ3n) is 4.47. The van der Waals surface area contributed by atoms with Crippen LogP contribution in [0.3, 0.4) is 0 Å². The maximum atomic E-state index is 12.7. The molecule has 4 N–H and O–H groups in total. The molecule has 2 amide bonds. The summed E-state index contributed by atoms with van der Waals surface area (Å²) in [5.74, 6) is -1.37. The Hall–Kier alpha value is -2.36. The molecule has 0 fully saturated rings. The van der Waals surface area contributed by atoms with Gasteiger partial charge < -0.3 is 25.8 Å². The van der Waals surface area contributed by atoms with Crippen molar-refractivity contribution in [1.29, 1.82) is 0 Å². The summed E-state index contributed by atoms with van der Waals surface area (Å²) in [6, 6.07) is 7.11. The van der Waals surface area contributed by atoms with E-state index in [4.69, 9.17) is 4.74 Å². The van der Waals surface area contributed by atoms with Crippen molar-refractivity contribution in [2.75, 3.05) is 19.4 Å². The number of esters is 1. The normalized spacial score (nSPS) is 14.7. The molecular formula is C21H31N3O5S. The molecule has 1 rings (SSSR count). The molecule has 4 atom stereocenters. The van der Waals surface area contributed by atoms with Crippen LogP contribution in [0.15, 0.2) is 43.0 Å². The average molecular weight is 438 g/mol. The van der Waals surface area contributed by atoms with Gasteiger partial charge in [-0.2, -0.15) is 12.6 Å². The first-order valence-electron chi connectivity index (χ1n) is 9.69. The maximum Gasteiger partial charge on any atom is 0.308 e. The zero-order valence-electron chi connectivity index (χ0n) is 17.3. The number of hydrogen-bond acceptors (Lipinski definition) is 7. The van der Waals surface area contributed by atoms with E-state index >= 15 is 0 Å². The molecule has 166 valence electrons. The van der Waals surface area contributed by atoms with Crippen molar-refractivity contribution in [3.63, 3.8) is 0 Å². The lowest BCUT2D eigenvalue weighted by molar-refractivity contribution is -0.145. The predicted molar refractivity (Wildman–Crippen MR) is 118 cm³/mol. The molecule has 0 aliphatic heterocycles. The van der Waals surface area contributed by atoms with Crippen LogP contribution in [-0.4, -0.2) is 66.5 Å².